The van der Waals surface area contributed by atoms with Crippen molar-refractivity contribution in [3.63, 3.8) is 0 Å². The number of aromatic nitrogens is 1. The molecule has 32 heavy (non-hydrogen) atoms. The van der Waals surface area contributed by atoms with E-state index in [9.17, 15) is 4.79 Å². The van der Waals surface area contributed by atoms with Crippen molar-refractivity contribution in [2.75, 3.05) is 0 Å². The lowest BCUT2D eigenvalue weighted by atomic mass is 10.0. The van der Waals surface area contributed by atoms with E-state index in [0.717, 1.165) is 22.8 Å². The van der Waals surface area contributed by atoms with Gasteiger partial charge in [-0.15, -0.1) is 0 Å². The molecule has 4 aromatic rings. The van der Waals surface area contributed by atoms with E-state index in [-0.39, 0.29) is 17.6 Å². The SMILES string of the molecule is O=C(O)c1ccc(-c2ccc([C@@H]3[C@@H](c4ccccn4)NC(=S)N3Cc3ccco3)o2)cc1. The molecule has 0 spiro atoms. The quantitative estimate of drug-likeness (QED) is 0.409. The van der Waals surface area contributed by atoms with E-state index in [4.69, 9.17) is 26.2 Å². The summed E-state index contributed by atoms with van der Waals surface area (Å²) in [7, 11) is 0. The van der Waals surface area contributed by atoms with Crippen LogP contribution in [-0.2, 0) is 6.54 Å². The van der Waals surface area contributed by atoms with E-state index in [1.165, 1.54) is 0 Å². The number of benzene rings is 1. The lowest BCUT2D eigenvalue weighted by molar-refractivity contribution is 0.0697. The zero-order chi connectivity index (χ0) is 22.1. The summed E-state index contributed by atoms with van der Waals surface area (Å²) in [4.78, 5) is 17.7. The van der Waals surface area contributed by atoms with E-state index in [2.05, 4.69) is 10.3 Å². The Bertz CT molecular complexity index is 1240. The van der Waals surface area contributed by atoms with E-state index < -0.39 is 5.97 Å². The number of carboxylic acid groups (broad SMARTS) is 1. The maximum atomic E-state index is 11.1. The van der Waals surface area contributed by atoms with Crippen molar-refractivity contribution in [2.24, 2.45) is 0 Å². The first kappa shape index (κ1) is 20.0. The van der Waals surface area contributed by atoms with E-state index in [1.54, 1.807) is 36.7 Å². The number of thiocarbonyl (C=S) groups is 1. The molecule has 7 nitrogen and oxygen atoms in total. The van der Waals surface area contributed by atoms with E-state index in [1.807, 2.05) is 47.4 Å². The number of aromatic carboxylic acids is 1. The maximum Gasteiger partial charge on any atom is 0.335 e. The Hall–Kier alpha value is -3.91. The maximum absolute atomic E-state index is 11.1. The Morgan fingerprint density at radius 2 is 1.94 bits per heavy atom. The van der Waals surface area contributed by atoms with Crippen molar-refractivity contribution in [3.05, 3.63) is 102 Å². The zero-order valence-corrected chi connectivity index (χ0v) is 17.7. The molecule has 0 radical (unpaired) electrons. The normalized spacial score (nSPS) is 18.0. The number of nitrogens with one attached hydrogen (secondary N) is 1. The second-order valence-corrected chi connectivity index (χ2v) is 7.81. The number of carboxylic acids is 1. The Labute approximate surface area is 189 Å². The first-order valence-electron chi connectivity index (χ1n) is 10.0. The van der Waals surface area contributed by atoms with Crippen LogP contribution in [-0.4, -0.2) is 26.1 Å². The van der Waals surface area contributed by atoms with Crippen LogP contribution in [0.4, 0.5) is 0 Å². The van der Waals surface area contributed by atoms with Crippen LogP contribution in [0.3, 0.4) is 0 Å². The van der Waals surface area contributed by atoms with Gasteiger partial charge in [-0.25, -0.2) is 4.79 Å². The van der Waals surface area contributed by atoms with E-state index >= 15 is 0 Å². The van der Waals surface area contributed by atoms with Crippen molar-refractivity contribution in [1.29, 1.82) is 0 Å². The Morgan fingerprint density at radius 1 is 1.09 bits per heavy atom. The fraction of sp³-hybridized carbons (Fsp3) is 0.125. The predicted molar refractivity (Wildman–Crippen MR) is 121 cm³/mol. The van der Waals surface area contributed by atoms with Crippen LogP contribution in [0.25, 0.3) is 11.3 Å². The molecule has 2 N–H and O–H groups in total. The molecule has 0 aliphatic carbocycles. The summed E-state index contributed by atoms with van der Waals surface area (Å²) >= 11 is 5.65. The van der Waals surface area contributed by atoms with Gasteiger partial charge >= 0.3 is 5.97 Å². The highest BCUT2D eigenvalue weighted by atomic mass is 32.1. The topological polar surface area (TPSA) is 91.7 Å². The van der Waals surface area contributed by atoms with Crippen LogP contribution in [0, 0.1) is 0 Å². The molecule has 1 saturated heterocycles. The van der Waals surface area contributed by atoms with Gasteiger partial charge in [0, 0.05) is 11.8 Å². The minimum absolute atomic E-state index is 0.202. The molecule has 0 bridgehead atoms. The van der Waals surface area contributed by atoms with Crippen LogP contribution >= 0.6 is 12.2 Å². The Balaban J connectivity index is 1.51. The van der Waals surface area contributed by atoms with Gasteiger partial charge in [0.2, 0.25) is 0 Å². The molecule has 1 aliphatic rings. The van der Waals surface area contributed by atoms with Crippen molar-refractivity contribution >= 4 is 23.3 Å². The van der Waals surface area contributed by atoms with Crippen molar-refractivity contribution in [1.82, 2.24) is 15.2 Å². The summed E-state index contributed by atoms with van der Waals surface area (Å²) in [6, 6.07) is 19.5. The number of pyridine rings is 1. The summed E-state index contributed by atoms with van der Waals surface area (Å²) in [5.74, 6) is 1.19. The van der Waals surface area contributed by atoms with Gasteiger partial charge in [0.05, 0.1) is 30.1 Å². The monoisotopic (exact) mass is 445 g/mol. The number of hydrogen-bond acceptors (Lipinski definition) is 5. The molecular formula is C24H19N3O4S. The highest BCUT2D eigenvalue weighted by Crippen LogP contribution is 2.41. The van der Waals surface area contributed by atoms with Gasteiger partial charge in [-0.1, -0.05) is 18.2 Å². The number of nitrogens with zero attached hydrogens (tertiary/aromatic N) is 2. The highest BCUT2D eigenvalue weighted by molar-refractivity contribution is 7.80. The predicted octanol–water partition coefficient (Wildman–Crippen LogP) is 4.81. The highest BCUT2D eigenvalue weighted by Gasteiger charge is 2.42. The van der Waals surface area contributed by atoms with Gasteiger partial charge in [0.15, 0.2) is 5.11 Å². The third-order valence-electron chi connectivity index (χ3n) is 5.44. The van der Waals surface area contributed by atoms with Crippen molar-refractivity contribution in [2.45, 2.75) is 18.6 Å². The van der Waals surface area contributed by atoms with Gasteiger partial charge in [0.25, 0.3) is 0 Å². The molecule has 1 fully saturated rings. The van der Waals surface area contributed by atoms with Gasteiger partial charge in [-0.3, -0.25) is 4.98 Å². The molecule has 0 saturated carbocycles. The van der Waals surface area contributed by atoms with Crippen LogP contribution in [0.1, 0.15) is 39.7 Å². The summed E-state index contributed by atoms with van der Waals surface area (Å²) in [6.07, 6.45) is 3.39. The van der Waals surface area contributed by atoms with Crippen LogP contribution in [0.2, 0.25) is 0 Å². The number of hydrogen-bond donors (Lipinski definition) is 2. The first-order valence-corrected chi connectivity index (χ1v) is 10.4. The fourth-order valence-corrected chi connectivity index (χ4v) is 4.20. The molecule has 3 aromatic heterocycles. The fourth-order valence-electron chi connectivity index (χ4n) is 3.90. The molecule has 1 aliphatic heterocycles. The van der Waals surface area contributed by atoms with Crippen molar-refractivity contribution < 1.29 is 18.7 Å². The molecule has 160 valence electrons. The lowest BCUT2D eigenvalue weighted by Gasteiger charge is -2.25. The smallest absolute Gasteiger partial charge is 0.335 e. The second-order valence-electron chi connectivity index (χ2n) is 7.42. The van der Waals surface area contributed by atoms with Crippen LogP contribution < -0.4 is 5.32 Å². The molecule has 2 atom stereocenters. The van der Waals surface area contributed by atoms with Crippen LogP contribution in [0.15, 0.2) is 88.0 Å². The number of carbonyl (C=O) groups is 1. The van der Waals surface area contributed by atoms with Gasteiger partial charge in [-0.2, -0.15) is 0 Å². The first-order chi connectivity index (χ1) is 15.6. The van der Waals surface area contributed by atoms with Gasteiger partial charge in [-0.05, 0) is 60.7 Å². The number of furan rings is 2. The molecule has 0 amide bonds. The molecule has 5 rings (SSSR count). The van der Waals surface area contributed by atoms with E-state index in [0.29, 0.717) is 17.4 Å². The Kier molecular flexibility index (Phi) is 5.20. The molecular weight excluding hydrogens is 426 g/mol. The second kappa shape index (κ2) is 8.32. The summed E-state index contributed by atoms with van der Waals surface area (Å²) in [6.45, 7) is 0.482. The summed E-state index contributed by atoms with van der Waals surface area (Å²) in [5.41, 5.74) is 1.87. The van der Waals surface area contributed by atoms with Gasteiger partial charge in [0.1, 0.15) is 23.3 Å². The third-order valence-corrected chi connectivity index (χ3v) is 5.79. The van der Waals surface area contributed by atoms with Crippen molar-refractivity contribution in [3.8, 4) is 11.3 Å². The minimum atomic E-state index is -0.964. The largest absolute Gasteiger partial charge is 0.478 e. The lowest BCUT2D eigenvalue weighted by Crippen LogP contribution is -2.28. The third kappa shape index (κ3) is 3.76. The number of rotatable bonds is 6. The summed E-state index contributed by atoms with van der Waals surface area (Å²) < 4.78 is 11.8. The average molecular weight is 446 g/mol. The standard InChI is InChI=1S/C24H19N3O4S/c28-23(29)16-8-6-15(7-9-16)19-10-11-20(31-19)22-21(18-5-1-2-12-25-18)26-24(32)27(22)14-17-4-3-13-30-17/h1-13,21-22H,14H2,(H,26,32)(H,28,29)/t21-,22-/m1/s1. The summed E-state index contributed by atoms with van der Waals surface area (Å²) in [5, 5.41) is 13.1. The van der Waals surface area contributed by atoms with Crippen LogP contribution in [0.5, 0.6) is 0 Å². The zero-order valence-electron chi connectivity index (χ0n) is 16.8. The molecule has 0 unspecified atom stereocenters. The Morgan fingerprint density at radius 3 is 2.62 bits per heavy atom. The van der Waals surface area contributed by atoms with Gasteiger partial charge < -0.3 is 24.2 Å². The molecule has 4 heterocycles. The minimum Gasteiger partial charge on any atom is -0.478 e. The molecule has 1 aromatic carbocycles. The molecule has 8 heteroatoms. The average Bonchev–Trinajstić information content (AvgIpc) is 3.56.